The minimum atomic E-state index is -0.211. The largest absolute Gasteiger partial charge is 0.466 e. The molecule has 1 aliphatic heterocycles. The van der Waals surface area contributed by atoms with E-state index in [1.807, 2.05) is 0 Å². The molecule has 90 valence electrons. The zero-order chi connectivity index (χ0) is 11.5. The predicted molar refractivity (Wildman–Crippen MR) is 59.8 cm³/mol. The average molecular weight is 217 g/mol. The Kier molecular flexibility index (Phi) is 9.52. The van der Waals surface area contributed by atoms with Gasteiger partial charge in [-0.2, -0.15) is 0 Å². The lowest BCUT2D eigenvalue weighted by molar-refractivity contribution is -0.140. The van der Waals surface area contributed by atoms with Crippen LogP contribution in [0.1, 0.15) is 33.6 Å². The quantitative estimate of drug-likeness (QED) is 0.725. The van der Waals surface area contributed by atoms with E-state index in [2.05, 4.69) is 17.0 Å². The van der Waals surface area contributed by atoms with E-state index in [1.165, 1.54) is 19.8 Å². The molecule has 1 saturated heterocycles. The molecule has 0 aromatic heterocycles. The highest BCUT2D eigenvalue weighted by molar-refractivity contribution is 5.65. The van der Waals surface area contributed by atoms with E-state index >= 15 is 0 Å². The number of nitrogens with one attached hydrogen (secondary N) is 1. The molecule has 0 radical (unpaired) electrons. The Morgan fingerprint density at radius 1 is 1.27 bits per heavy atom. The number of carbonyl (C=O) groups is 1. The van der Waals surface area contributed by atoms with Crippen LogP contribution in [-0.4, -0.2) is 38.4 Å². The maximum atomic E-state index is 9.82. The maximum Gasteiger partial charge on any atom is 0.302 e. The summed E-state index contributed by atoms with van der Waals surface area (Å²) in [7, 11) is 0. The summed E-state index contributed by atoms with van der Waals surface area (Å²) in [6, 6.07) is 0. The highest BCUT2D eigenvalue weighted by Gasteiger charge is 2.11. The molecule has 0 atom stereocenters. The average Bonchev–Trinajstić information content (AvgIpc) is 2.20. The smallest absolute Gasteiger partial charge is 0.302 e. The van der Waals surface area contributed by atoms with Crippen LogP contribution in [-0.2, 0) is 14.3 Å². The fraction of sp³-hybridized carbons (Fsp3) is 0.909. The second-order valence-electron chi connectivity index (χ2n) is 3.33. The van der Waals surface area contributed by atoms with Crippen molar-refractivity contribution < 1.29 is 14.3 Å². The van der Waals surface area contributed by atoms with Gasteiger partial charge in [-0.3, -0.25) is 4.79 Å². The fourth-order valence-corrected chi connectivity index (χ4v) is 1.40. The van der Waals surface area contributed by atoms with E-state index < -0.39 is 0 Å². The summed E-state index contributed by atoms with van der Waals surface area (Å²) in [5, 5.41) is 3.29. The molecule has 4 heteroatoms. The SMILES string of the molecule is CCOC(C)=O.CCOC1CCNCC1. The van der Waals surface area contributed by atoms with E-state index in [0.717, 1.165) is 19.7 Å². The Balaban J connectivity index is 0.000000288. The molecule has 1 aliphatic rings. The fourth-order valence-electron chi connectivity index (χ4n) is 1.40. The van der Waals surface area contributed by atoms with Crippen LogP contribution in [0.4, 0.5) is 0 Å². The van der Waals surface area contributed by atoms with Gasteiger partial charge in [-0.15, -0.1) is 0 Å². The number of hydrogen-bond donors (Lipinski definition) is 1. The van der Waals surface area contributed by atoms with Gasteiger partial charge in [-0.25, -0.2) is 0 Å². The number of rotatable bonds is 3. The van der Waals surface area contributed by atoms with Gasteiger partial charge in [-0.1, -0.05) is 0 Å². The summed E-state index contributed by atoms with van der Waals surface area (Å²) in [5.74, 6) is -0.211. The second kappa shape index (κ2) is 9.93. The second-order valence-corrected chi connectivity index (χ2v) is 3.33. The minimum Gasteiger partial charge on any atom is -0.466 e. The van der Waals surface area contributed by atoms with Gasteiger partial charge in [0.15, 0.2) is 0 Å². The Hall–Kier alpha value is -0.610. The third kappa shape index (κ3) is 9.69. The van der Waals surface area contributed by atoms with Crippen LogP contribution in [0.3, 0.4) is 0 Å². The topological polar surface area (TPSA) is 47.6 Å². The first-order chi connectivity index (χ1) is 7.20. The van der Waals surface area contributed by atoms with Crippen LogP contribution >= 0.6 is 0 Å². The lowest BCUT2D eigenvalue weighted by atomic mass is 10.1. The van der Waals surface area contributed by atoms with Gasteiger partial charge in [0.1, 0.15) is 0 Å². The van der Waals surface area contributed by atoms with Gasteiger partial charge < -0.3 is 14.8 Å². The lowest BCUT2D eigenvalue weighted by Crippen LogP contribution is -2.32. The van der Waals surface area contributed by atoms with Crippen LogP contribution in [0.15, 0.2) is 0 Å². The molecule has 0 saturated carbocycles. The molecule has 0 aromatic rings. The first-order valence-electron chi connectivity index (χ1n) is 5.66. The number of ether oxygens (including phenoxy) is 2. The van der Waals surface area contributed by atoms with Gasteiger partial charge >= 0.3 is 5.97 Å². The molecule has 0 amide bonds. The standard InChI is InChI=1S/C7H15NO.C4H8O2/c1-2-9-7-3-5-8-6-4-7;1-3-6-4(2)5/h7-8H,2-6H2,1H3;3H2,1-2H3. The molecule has 4 nitrogen and oxygen atoms in total. The minimum absolute atomic E-state index is 0.211. The highest BCUT2D eigenvalue weighted by Crippen LogP contribution is 2.05. The van der Waals surface area contributed by atoms with E-state index in [0.29, 0.717) is 12.7 Å². The number of piperidine rings is 1. The molecule has 1 N–H and O–H groups in total. The molecule has 15 heavy (non-hydrogen) atoms. The van der Waals surface area contributed by atoms with E-state index in [9.17, 15) is 4.79 Å². The Labute approximate surface area is 92.3 Å². The van der Waals surface area contributed by atoms with Crippen LogP contribution in [0.5, 0.6) is 0 Å². The van der Waals surface area contributed by atoms with Crippen molar-refractivity contribution in [1.29, 1.82) is 0 Å². The molecule has 0 unspecified atom stereocenters. The van der Waals surface area contributed by atoms with Crippen molar-refractivity contribution >= 4 is 5.97 Å². The summed E-state index contributed by atoms with van der Waals surface area (Å²) >= 11 is 0. The van der Waals surface area contributed by atoms with Crippen LogP contribution < -0.4 is 5.32 Å². The molecule has 1 heterocycles. The van der Waals surface area contributed by atoms with E-state index in [-0.39, 0.29) is 5.97 Å². The van der Waals surface area contributed by atoms with E-state index in [1.54, 1.807) is 6.92 Å². The van der Waals surface area contributed by atoms with Gasteiger partial charge in [0, 0.05) is 13.5 Å². The summed E-state index contributed by atoms with van der Waals surface area (Å²) in [5.41, 5.74) is 0. The molecule has 1 rings (SSSR count). The third-order valence-corrected chi connectivity index (χ3v) is 2.04. The number of carbonyl (C=O) groups excluding carboxylic acids is 1. The predicted octanol–water partition coefficient (Wildman–Crippen LogP) is 1.34. The zero-order valence-corrected chi connectivity index (χ0v) is 10.0. The van der Waals surface area contributed by atoms with E-state index in [4.69, 9.17) is 4.74 Å². The number of hydrogen-bond acceptors (Lipinski definition) is 4. The van der Waals surface area contributed by atoms with Crippen molar-refractivity contribution in [1.82, 2.24) is 5.32 Å². The molecular formula is C11H23NO3. The van der Waals surface area contributed by atoms with Gasteiger partial charge in [0.2, 0.25) is 0 Å². The summed E-state index contributed by atoms with van der Waals surface area (Å²) < 4.78 is 9.85. The summed E-state index contributed by atoms with van der Waals surface area (Å²) in [4.78, 5) is 9.82. The molecule has 1 fully saturated rings. The summed E-state index contributed by atoms with van der Waals surface area (Å²) in [6.07, 6.45) is 2.91. The molecule has 0 aromatic carbocycles. The van der Waals surface area contributed by atoms with Crippen molar-refractivity contribution in [2.24, 2.45) is 0 Å². The van der Waals surface area contributed by atoms with Crippen molar-refractivity contribution in [2.75, 3.05) is 26.3 Å². The van der Waals surface area contributed by atoms with Gasteiger partial charge in [-0.05, 0) is 39.8 Å². The summed E-state index contributed by atoms with van der Waals surface area (Å²) in [6.45, 7) is 8.84. The van der Waals surface area contributed by atoms with Gasteiger partial charge in [0.05, 0.1) is 12.7 Å². The molecule has 0 bridgehead atoms. The zero-order valence-electron chi connectivity index (χ0n) is 10.0. The molecule has 0 aliphatic carbocycles. The highest BCUT2D eigenvalue weighted by atomic mass is 16.5. The molecular weight excluding hydrogens is 194 g/mol. The lowest BCUT2D eigenvalue weighted by Gasteiger charge is -2.21. The van der Waals surface area contributed by atoms with Crippen molar-refractivity contribution in [2.45, 2.75) is 39.7 Å². The van der Waals surface area contributed by atoms with Crippen molar-refractivity contribution in [3.05, 3.63) is 0 Å². The normalized spacial score (nSPS) is 16.5. The Bertz CT molecular complexity index is 153. The van der Waals surface area contributed by atoms with Crippen LogP contribution in [0, 0.1) is 0 Å². The van der Waals surface area contributed by atoms with Crippen molar-refractivity contribution in [3.8, 4) is 0 Å². The van der Waals surface area contributed by atoms with Crippen LogP contribution in [0.2, 0.25) is 0 Å². The van der Waals surface area contributed by atoms with Crippen LogP contribution in [0.25, 0.3) is 0 Å². The number of esters is 1. The maximum absolute atomic E-state index is 9.82. The first kappa shape index (κ1) is 14.4. The molecule has 0 spiro atoms. The Morgan fingerprint density at radius 3 is 2.20 bits per heavy atom. The Morgan fingerprint density at radius 2 is 1.87 bits per heavy atom. The van der Waals surface area contributed by atoms with Gasteiger partial charge in [0.25, 0.3) is 0 Å². The van der Waals surface area contributed by atoms with Crippen molar-refractivity contribution in [3.63, 3.8) is 0 Å². The monoisotopic (exact) mass is 217 g/mol. The third-order valence-electron chi connectivity index (χ3n) is 2.04. The first-order valence-corrected chi connectivity index (χ1v) is 5.66.